The number of anilines is 1. The predicted octanol–water partition coefficient (Wildman–Crippen LogP) is 3.88. The van der Waals surface area contributed by atoms with E-state index in [1.165, 1.54) is 24.3 Å². The lowest BCUT2D eigenvalue weighted by Crippen LogP contribution is -2.22. The van der Waals surface area contributed by atoms with Crippen LogP contribution >= 0.6 is 0 Å². The van der Waals surface area contributed by atoms with E-state index in [0.29, 0.717) is 22.4 Å². The molecule has 31 heavy (non-hydrogen) atoms. The maximum atomic E-state index is 12.7. The number of hydrogen-bond donors (Lipinski definition) is 3. The van der Waals surface area contributed by atoms with Gasteiger partial charge < -0.3 is 20.9 Å². The molecule has 0 heterocycles. The Morgan fingerprint density at radius 1 is 0.903 bits per heavy atom. The number of phenols is 1. The predicted molar refractivity (Wildman–Crippen MR) is 119 cm³/mol. The van der Waals surface area contributed by atoms with Gasteiger partial charge in [0.1, 0.15) is 5.75 Å². The van der Waals surface area contributed by atoms with Crippen molar-refractivity contribution in [3.05, 3.63) is 58.7 Å². The molecule has 0 bridgehead atoms. The molecule has 0 saturated carbocycles. The van der Waals surface area contributed by atoms with E-state index in [-0.39, 0.29) is 11.3 Å². The number of amides is 2. The van der Waals surface area contributed by atoms with Crippen molar-refractivity contribution in [2.45, 2.75) is 52.4 Å². The zero-order valence-corrected chi connectivity index (χ0v) is 18.8. The van der Waals surface area contributed by atoms with Gasteiger partial charge in [-0.25, -0.2) is 4.79 Å². The fraction of sp³-hybridized carbons (Fsp3) is 0.375. The first-order chi connectivity index (χ1) is 14.2. The summed E-state index contributed by atoms with van der Waals surface area (Å²) in [5.74, 6) is -1.58. The summed E-state index contributed by atoms with van der Waals surface area (Å²) in [6.07, 6.45) is 0. The van der Waals surface area contributed by atoms with Crippen molar-refractivity contribution in [2.24, 2.45) is 5.73 Å². The third-order valence-corrected chi connectivity index (χ3v) is 4.75. The molecule has 7 nitrogen and oxygen atoms in total. The van der Waals surface area contributed by atoms with Crippen molar-refractivity contribution in [2.75, 3.05) is 11.9 Å². The van der Waals surface area contributed by atoms with Crippen molar-refractivity contribution in [1.82, 2.24) is 0 Å². The second-order valence-corrected chi connectivity index (χ2v) is 9.49. The molecule has 7 heteroatoms. The smallest absolute Gasteiger partial charge is 0.338 e. The summed E-state index contributed by atoms with van der Waals surface area (Å²) in [5.41, 5.74) is 6.69. The number of phenolic OH excluding ortho intramolecular Hbond substituents is 1. The average Bonchev–Trinajstić information content (AvgIpc) is 2.64. The molecule has 0 aliphatic carbocycles. The number of esters is 1. The number of hydrogen-bond acceptors (Lipinski definition) is 5. The van der Waals surface area contributed by atoms with Crippen LogP contribution in [-0.4, -0.2) is 29.5 Å². The summed E-state index contributed by atoms with van der Waals surface area (Å²) >= 11 is 0. The SMILES string of the molecule is CC(C)(C)c1cc(C(=O)OCC(=O)Nc2ccc(C(N)=O)cc2)cc(C(C)(C)C)c1O. The molecule has 2 aromatic carbocycles. The fourth-order valence-electron chi connectivity index (χ4n) is 3.03. The summed E-state index contributed by atoms with van der Waals surface area (Å²) in [6.45, 7) is 11.2. The molecule has 0 aliphatic rings. The topological polar surface area (TPSA) is 119 Å². The van der Waals surface area contributed by atoms with Crippen LogP contribution < -0.4 is 11.1 Å². The van der Waals surface area contributed by atoms with E-state index >= 15 is 0 Å². The Hall–Kier alpha value is -3.35. The van der Waals surface area contributed by atoms with Gasteiger partial charge >= 0.3 is 5.97 Å². The van der Waals surface area contributed by atoms with Crippen LogP contribution in [0.25, 0.3) is 0 Å². The maximum absolute atomic E-state index is 12.7. The van der Waals surface area contributed by atoms with Gasteiger partial charge in [0.2, 0.25) is 5.91 Å². The van der Waals surface area contributed by atoms with Gasteiger partial charge in [0, 0.05) is 22.4 Å². The molecule has 0 radical (unpaired) electrons. The van der Waals surface area contributed by atoms with Gasteiger partial charge in [-0.05, 0) is 47.2 Å². The minimum absolute atomic E-state index is 0.161. The highest BCUT2D eigenvalue weighted by Gasteiger charge is 2.28. The van der Waals surface area contributed by atoms with E-state index in [1.807, 2.05) is 41.5 Å². The van der Waals surface area contributed by atoms with Crippen LogP contribution in [0.3, 0.4) is 0 Å². The van der Waals surface area contributed by atoms with E-state index in [2.05, 4.69) is 5.32 Å². The molecule has 2 amide bonds. The van der Waals surface area contributed by atoms with Crippen molar-refractivity contribution < 1.29 is 24.2 Å². The molecular weight excluding hydrogens is 396 g/mol. The quantitative estimate of drug-likeness (QED) is 0.627. The Morgan fingerprint density at radius 2 is 1.39 bits per heavy atom. The van der Waals surface area contributed by atoms with Crippen molar-refractivity contribution in [3.63, 3.8) is 0 Å². The number of benzene rings is 2. The maximum Gasteiger partial charge on any atom is 0.338 e. The number of ether oxygens (including phenoxy) is 1. The highest BCUT2D eigenvalue weighted by atomic mass is 16.5. The summed E-state index contributed by atoms with van der Waals surface area (Å²) in [5, 5.41) is 13.3. The first-order valence-electron chi connectivity index (χ1n) is 9.95. The Morgan fingerprint density at radius 3 is 1.81 bits per heavy atom. The number of carbonyl (C=O) groups excluding carboxylic acids is 3. The molecule has 2 aromatic rings. The summed E-state index contributed by atoms with van der Waals surface area (Å²) in [4.78, 5) is 35.9. The van der Waals surface area contributed by atoms with Crippen LogP contribution in [0.15, 0.2) is 36.4 Å². The highest BCUT2D eigenvalue weighted by molar-refractivity contribution is 5.97. The molecular formula is C24H30N2O5. The van der Waals surface area contributed by atoms with E-state index in [0.717, 1.165) is 0 Å². The van der Waals surface area contributed by atoms with Crippen LogP contribution in [-0.2, 0) is 20.4 Å². The second-order valence-electron chi connectivity index (χ2n) is 9.49. The van der Waals surface area contributed by atoms with Crippen LogP contribution in [0.5, 0.6) is 5.75 Å². The standard InChI is InChI=1S/C24H30N2O5/c1-23(2,3)17-11-15(12-18(20(17)28)24(4,5)6)22(30)31-13-19(27)26-16-9-7-14(8-10-16)21(25)29/h7-12,28H,13H2,1-6H3,(H2,25,29)(H,26,27). The molecule has 2 rings (SSSR count). The van der Waals surface area contributed by atoms with E-state index in [4.69, 9.17) is 10.5 Å². The first-order valence-corrected chi connectivity index (χ1v) is 9.95. The molecule has 166 valence electrons. The van der Waals surface area contributed by atoms with E-state index in [1.54, 1.807) is 12.1 Å². The van der Waals surface area contributed by atoms with Gasteiger partial charge in [-0.2, -0.15) is 0 Å². The minimum atomic E-state index is -0.657. The molecule has 0 fully saturated rings. The van der Waals surface area contributed by atoms with Gasteiger partial charge in [-0.15, -0.1) is 0 Å². The van der Waals surface area contributed by atoms with Gasteiger partial charge in [-0.3, -0.25) is 9.59 Å². The third kappa shape index (κ3) is 6.07. The second kappa shape index (κ2) is 8.79. The van der Waals surface area contributed by atoms with Crippen molar-refractivity contribution >= 4 is 23.5 Å². The zero-order valence-electron chi connectivity index (χ0n) is 18.8. The van der Waals surface area contributed by atoms with Crippen LogP contribution in [0.1, 0.15) is 73.4 Å². The summed E-state index contributed by atoms with van der Waals surface area (Å²) in [7, 11) is 0. The first kappa shape index (κ1) is 23.9. The number of aromatic hydroxyl groups is 1. The fourth-order valence-corrected chi connectivity index (χ4v) is 3.03. The molecule has 0 saturated heterocycles. The van der Waals surface area contributed by atoms with Gasteiger partial charge in [0.15, 0.2) is 6.61 Å². The molecule has 0 spiro atoms. The van der Waals surface area contributed by atoms with Crippen LogP contribution in [0.2, 0.25) is 0 Å². The molecule has 0 aromatic heterocycles. The summed E-state index contributed by atoms with van der Waals surface area (Å²) in [6, 6.07) is 9.25. The molecule has 0 atom stereocenters. The average molecular weight is 427 g/mol. The number of primary amides is 1. The molecule has 0 aliphatic heterocycles. The zero-order chi connectivity index (χ0) is 23.6. The van der Waals surface area contributed by atoms with Crippen LogP contribution in [0, 0.1) is 0 Å². The Kier molecular flexibility index (Phi) is 6.79. The summed E-state index contributed by atoms with van der Waals surface area (Å²) < 4.78 is 5.19. The Bertz CT molecular complexity index is 961. The Labute approximate surface area is 182 Å². The number of nitrogens with one attached hydrogen (secondary N) is 1. The number of rotatable bonds is 5. The lowest BCUT2D eigenvalue weighted by Gasteiger charge is -2.27. The van der Waals surface area contributed by atoms with Gasteiger partial charge in [0.25, 0.3) is 5.91 Å². The Balaban J connectivity index is 2.16. The highest BCUT2D eigenvalue weighted by Crippen LogP contribution is 2.39. The normalized spacial score (nSPS) is 11.7. The number of carbonyl (C=O) groups is 3. The van der Waals surface area contributed by atoms with Gasteiger partial charge in [-0.1, -0.05) is 41.5 Å². The van der Waals surface area contributed by atoms with Crippen molar-refractivity contribution in [3.8, 4) is 5.75 Å². The molecule has 0 unspecified atom stereocenters. The lowest BCUT2D eigenvalue weighted by molar-refractivity contribution is -0.119. The lowest BCUT2D eigenvalue weighted by atomic mass is 9.78. The van der Waals surface area contributed by atoms with Crippen molar-refractivity contribution in [1.29, 1.82) is 0 Å². The van der Waals surface area contributed by atoms with Gasteiger partial charge in [0.05, 0.1) is 5.56 Å². The largest absolute Gasteiger partial charge is 0.507 e. The van der Waals surface area contributed by atoms with E-state index in [9.17, 15) is 19.5 Å². The number of nitrogens with two attached hydrogens (primary N) is 1. The molecule has 4 N–H and O–H groups in total. The monoisotopic (exact) mass is 426 g/mol. The third-order valence-electron chi connectivity index (χ3n) is 4.75. The van der Waals surface area contributed by atoms with Crippen LogP contribution in [0.4, 0.5) is 5.69 Å². The minimum Gasteiger partial charge on any atom is -0.507 e. The van der Waals surface area contributed by atoms with E-state index < -0.39 is 35.2 Å².